The van der Waals surface area contributed by atoms with Crippen molar-refractivity contribution in [2.24, 2.45) is 5.92 Å². The number of nitrogens with zero attached hydrogens (tertiary/aromatic N) is 1. The molecule has 0 radical (unpaired) electrons. The van der Waals surface area contributed by atoms with Crippen molar-refractivity contribution in [2.45, 2.75) is 25.4 Å². The number of H-pyrrole nitrogens is 1. The summed E-state index contributed by atoms with van der Waals surface area (Å²) in [4.78, 5) is 12.0. The van der Waals surface area contributed by atoms with E-state index in [0.717, 1.165) is 30.2 Å². The van der Waals surface area contributed by atoms with Crippen LogP contribution >= 0.6 is 0 Å². The highest BCUT2D eigenvalue weighted by atomic mass is 16.3. The number of nitrogens with one attached hydrogen (secondary N) is 2. The first-order valence-corrected chi connectivity index (χ1v) is 6.62. The molecule has 100 valence electrons. The van der Waals surface area contributed by atoms with Gasteiger partial charge in [0.15, 0.2) is 0 Å². The summed E-state index contributed by atoms with van der Waals surface area (Å²) in [5.74, 6) is 0.334. The summed E-state index contributed by atoms with van der Waals surface area (Å²) < 4.78 is 0. The highest BCUT2D eigenvalue weighted by Crippen LogP contribution is 2.24. The number of aromatic amines is 1. The Morgan fingerprint density at radius 3 is 3.16 bits per heavy atom. The average molecular weight is 259 g/mol. The standard InChI is InChI=1S/C14H17N3O2/c18-12-3-1-9(5-12)7-15-14(19)10-2-4-13-11(6-10)8-16-17-13/h2,4,6,8-9,12,18H,1,3,5,7H2,(H,15,19)(H,16,17). The lowest BCUT2D eigenvalue weighted by atomic mass is 10.1. The van der Waals surface area contributed by atoms with E-state index in [1.165, 1.54) is 0 Å². The van der Waals surface area contributed by atoms with Gasteiger partial charge < -0.3 is 10.4 Å². The molecule has 0 bridgehead atoms. The first kappa shape index (κ1) is 12.2. The van der Waals surface area contributed by atoms with Gasteiger partial charge in [-0.15, -0.1) is 0 Å². The second kappa shape index (κ2) is 5.01. The number of carbonyl (C=O) groups is 1. The molecule has 1 fully saturated rings. The normalized spacial score (nSPS) is 22.8. The van der Waals surface area contributed by atoms with Gasteiger partial charge in [-0.2, -0.15) is 5.10 Å². The van der Waals surface area contributed by atoms with Crippen molar-refractivity contribution in [1.82, 2.24) is 15.5 Å². The molecule has 0 spiro atoms. The van der Waals surface area contributed by atoms with Crippen molar-refractivity contribution in [3.63, 3.8) is 0 Å². The number of aromatic nitrogens is 2. The van der Waals surface area contributed by atoms with E-state index in [9.17, 15) is 9.90 Å². The number of aliphatic hydroxyl groups excluding tert-OH is 1. The van der Waals surface area contributed by atoms with E-state index in [2.05, 4.69) is 15.5 Å². The second-order valence-electron chi connectivity index (χ2n) is 5.21. The van der Waals surface area contributed by atoms with E-state index in [0.29, 0.717) is 18.0 Å². The van der Waals surface area contributed by atoms with Crippen LogP contribution in [0.4, 0.5) is 0 Å². The number of fused-ring (bicyclic) bond motifs is 1. The van der Waals surface area contributed by atoms with Crippen LogP contribution in [0.15, 0.2) is 24.4 Å². The molecule has 1 saturated carbocycles. The molecule has 0 saturated heterocycles. The van der Waals surface area contributed by atoms with Gasteiger partial charge in [-0.3, -0.25) is 9.89 Å². The average Bonchev–Trinajstić information content (AvgIpc) is 3.03. The number of rotatable bonds is 3. The van der Waals surface area contributed by atoms with Gasteiger partial charge in [0, 0.05) is 17.5 Å². The van der Waals surface area contributed by atoms with Crippen molar-refractivity contribution in [2.75, 3.05) is 6.54 Å². The van der Waals surface area contributed by atoms with E-state index >= 15 is 0 Å². The minimum absolute atomic E-state index is 0.0653. The van der Waals surface area contributed by atoms with Crippen LogP contribution in [0.5, 0.6) is 0 Å². The smallest absolute Gasteiger partial charge is 0.251 e. The minimum atomic E-state index is -0.191. The fourth-order valence-corrected chi connectivity index (χ4v) is 2.66. The van der Waals surface area contributed by atoms with Crippen molar-refractivity contribution >= 4 is 16.8 Å². The third-order valence-electron chi connectivity index (χ3n) is 3.77. The zero-order valence-corrected chi connectivity index (χ0v) is 10.6. The molecule has 1 amide bonds. The molecule has 0 aliphatic heterocycles. The maximum Gasteiger partial charge on any atom is 0.251 e. The highest BCUT2D eigenvalue weighted by molar-refractivity contribution is 5.97. The second-order valence-corrected chi connectivity index (χ2v) is 5.21. The number of carbonyl (C=O) groups excluding carboxylic acids is 1. The van der Waals surface area contributed by atoms with E-state index in [1.807, 2.05) is 12.1 Å². The maximum atomic E-state index is 12.0. The summed E-state index contributed by atoms with van der Waals surface area (Å²) in [7, 11) is 0. The van der Waals surface area contributed by atoms with Crippen LogP contribution in [0.25, 0.3) is 10.9 Å². The lowest BCUT2D eigenvalue weighted by molar-refractivity contribution is 0.0945. The molecular weight excluding hydrogens is 242 g/mol. The Bertz CT molecular complexity index is 593. The number of hydrogen-bond acceptors (Lipinski definition) is 3. The van der Waals surface area contributed by atoms with Crippen LogP contribution in [0.2, 0.25) is 0 Å². The van der Waals surface area contributed by atoms with Gasteiger partial charge in [0.05, 0.1) is 17.8 Å². The van der Waals surface area contributed by atoms with Gasteiger partial charge in [0.25, 0.3) is 5.91 Å². The quantitative estimate of drug-likeness (QED) is 0.780. The fraction of sp³-hybridized carbons (Fsp3) is 0.429. The molecule has 19 heavy (non-hydrogen) atoms. The van der Waals surface area contributed by atoms with Gasteiger partial charge in [-0.25, -0.2) is 0 Å². The largest absolute Gasteiger partial charge is 0.393 e. The van der Waals surface area contributed by atoms with Crippen molar-refractivity contribution in [3.05, 3.63) is 30.0 Å². The minimum Gasteiger partial charge on any atom is -0.393 e. The monoisotopic (exact) mass is 259 g/mol. The Kier molecular flexibility index (Phi) is 3.21. The summed E-state index contributed by atoms with van der Waals surface area (Å²) in [5.41, 5.74) is 1.57. The maximum absolute atomic E-state index is 12.0. The Labute approximate surface area is 111 Å². The zero-order valence-electron chi connectivity index (χ0n) is 10.6. The summed E-state index contributed by atoms with van der Waals surface area (Å²) in [5, 5.41) is 20.1. The Morgan fingerprint density at radius 1 is 1.47 bits per heavy atom. The first-order valence-electron chi connectivity index (χ1n) is 6.62. The van der Waals surface area contributed by atoms with E-state index in [-0.39, 0.29) is 12.0 Å². The van der Waals surface area contributed by atoms with E-state index < -0.39 is 0 Å². The summed E-state index contributed by atoms with van der Waals surface area (Å²) in [6.45, 7) is 0.638. The van der Waals surface area contributed by atoms with Crippen LogP contribution in [0.1, 0.15) is 29.6 Å². The lowest BCUT2D eigenvalue weighted by Gasteiger charge is -2.10. The highest BCUT2D eigenvalue weighted by Gasteiger charge is 2.23. The Balaban J connectivity index is 1.63. The lowest BCUT2D eigenvalue weighted by Crippen LogP contribution is -2.28. The van der Waals surface area contributed by atoms with Crippen LogP contribution in [-0.2, 0) is 0 Å². The molecule has 3 rings (SSSR count). The van der Waals surface area contributed by atoms with Crippen molar-refractivity contribution < 1.29 is 9.90 Å². The number of benzene rings is 1. The predicted molar refractivity (Wildman–Crippen MR) is 71.8 cm³/mol. The topological polar surface area (TPSA) is 78.0 Å². The van der Waals surface area contributed by atoms with Crippen LogP contribution in [-0.4, -0.2) is 33.9 Å². The molecule has 2 unspecified atom stereocenters. The van der Waals surface area contributed by atoms with Gasteiger partial charge in [-0.1, -0.05) is 0 Å². The first-order chi connectivity index (χ1) is 9.22. The Hall–Kier alpha value is -1.88. The molecule has 1 aliphatic carbocycles. The number of aliphatic hydroxyl groups is 1. The van der Waals surface area contributed by atoms with Crippen molar-refractivity contribution in [1.29, 1.82) is 0 Å². The SMILES string of the molecule is O=C(NCC1CCC(O)C1)c1ccc2[nH]ncc2c1. The third kappa shape index (κ3) is 2.61. The van der Waals surface area contributed by atoms with Gasteiger partial charge in [0.1, 0.15) is 0 Å². The van der Waals surface area contributed by atoms with Gasteiger partial charge in [-0.05, 0) is 43.4 Å². The third-order valence-corrected chi connectivity index (χ3v) is 3.77. The van der Waals surface area contributed by atoms with E-state index in [4.69, 9.17) is 0 Å². The zero-order chi connectivity index (χ0) is 13.2. The Morgan fingerprint density at radius 2 is 2.37 bits per heavy atom. The molecule has 2 atom stereocenters. The van der Waals surface area contributed by atoms with Gasteiger partial charge in [0.2, 0.25) is 0 Å². The van der Waals surface area contributed by atoms with Gasteiger partial charge >= 0.3 is 0 Å². The molecule has 1 aromatic carbocycles. The molecular formula is C14H17N3O2. The molecule has 1 aromatic heterocycles. The molecule has 5 heteroatoms. The van der Waals surface area contributed by atoms with E-state index in [1.54, 1.807) is 12.3 Å². The summed E-state index contributed by atoms with van der Waals surface area (Å²) in [6.07, 6.45) is 4.15. The van der Waals surface area contributed by atoms with Crippen LogP contribution < -0.4 is 5.32 Å². The molecule has 2 aromatic rings. The van der Waals surface area contributed by atoms with Crippen LogP contribution in [0, 0.1) is 5.92 Å². The summed E-state index contributed by atoms with van der Waals surface area (Å²) in [6, 6.07) is 5.48. The predicted octanol–water partition coefficient (Wildman–Crippen LogP) is 1.45. The summed E-state index contributed by atoms with van der Waals surface area (Å²) >= 11 is 0. The molecule has 3 N–H and O–H groups in total. The van der Waals surface area contributed by atoms with Crippen molar-refractivity contribution in [3.8, 4) is 0 Å². The fourth-order valence-electron chi connectivity index (χ4n) is 2.66. The number of hydrogen-bond donors (Lipinski definition) is 3. The molecule has 5 nitrogen and oxygen atoms in total. The number of amides is 1. The molecule has 1 aliphatic rings. The molecule has 1 heterocycles. The van der Waals surface area contributed by atoms with Crippen LogP contribution in [0.3, 0.4) is 0 Å².